The van der Waals surface area contributed by atoms with Crippen molar-refractivity contribution < 1.29 is 4.74 Å². The zero-order valence-electron chi connectivity index (χ0n) is 9.47. The molecule has 0 spiro atoms. The summed E-state index contributed by atoms with van der Waals surface area (Å²) in [5.74, 6) is 0.980. The lowest BCUT2D eigenvalue weighted by molar-refractivity contribution is 0.414. The quantitative estimate of drug-likeness (QED) is 0.692. The molecule has 1 aromatic carbocycles. The molecule has 0 saturated carbocycles. The van der Waals surface area contributed by atoms with Gasteiger partial charge in [-0.15, -0.1) is 0 Å². The molecule has 0 aliphatic rings. The summed E-state index contributed by atoms with van der Waals surface area (Å²) >= 11 is 0. The molecule has 1 nitrogen and oxygen atoms in total. The van der Waals surface area contributed by atoms with E-state index in [1.54, 1.807) is 7.11 Å². The molecule has 0 radical (unpaired) electrons. The molecule has 1 heteroatoms. The molecule has 1 aromatic rings. The fraction of sp³-hybridized carbons (Fsp3) is 0.538. The van der Waals surface area contributed by atoms with Gasteiger partial charge < -0.3 is 4.74 Å². The minimum atomic E-state index is 0.980. The lowest BCUT2D eigenvalue weighted by Gasteiger charge is -2.09. The summed E-state index contributed by atoms with van der Waals surface area (Å²) in [4.78, 5) is 0. The fourth-order valence-corrected chi connectivity index (χ4v) is 1.74. The number of hydrogen-bond donors (Lipinski definition) is 0. The predicted molar refractivity (Wildman–Crippen MR) is 61.0 cm³/mol. The molecular weight excluding hydrogens is 172 g/mol. The van der Waals surface area contributed by atoms with Crippen LogP contribution in [0, 0.1) is 0 Å². The van der Waals surface area contributed by atoms with Crippen LogP contribution in [-0.4, -0.2) is 7.11 Å². The van der Waals surface area contributed by atoms with E-state index in [4.69, 9.17) is 4.74 Å². The molecule has 0 fully saturated rings. The first-order valence-corrected chi connectivity index (χ1v) is 5.47. The Morgan fingerprint density at radius 2 is 1.64 bits per heavy atom. The Labute approximate surface area is 87.1 Å². The molecule has 0 amide bonds. The van der Waals surface area contributed by atoms with Crippen molar-refractivity contribution in [2.45, 2.75) is 39.5 Å². The second-order valence-electron chi connectivity index (χ2n) is 3.63. The maximum absolute atomic E-state index is 5.23. The van der Waals surface area contributed by atoms with Gasteiger partial charge in [-0.1, -0.05) is 32.8 Å². The third-order valence-corrected chi connectivity index (χ3v) is 2.45. The summed E-state index contributed by atoms with van der Waals surface area (Å²) in [6.45, 7) is 4.44. The number of aryl methyl sites for hydroxylation is 2. The predicted octanol–water partition coefficient (Wildman–Crippen LogP) is 3.60. The molecule has 0 atom stereocenters. The summed E-state index contributed by atoms with van der Waals surface area (Å²) in [5.41, 5.74) is 2.93. The Morgan fingerprint density at radius 1 is 1.00 bits per heavy atom. The molecule has 0 aliphatic heterocycles. The molecule has 78 valence electrons. The van der Waals surface area contributed by atoms with Crippen LogP contribution in [0.25, 0.3) is 0 Å². The van der Waals surface area contributed by atoms with Crippen LogP contribution in [0.5, 0.6) is 5.75 Å². The minimum absolute atomic E-state index is 0.980. The highest BCUT2D eigenvalue weighted by molar-refractivity contribution is 5.35. The van der Waals surface area contributed by atoms with Gasteiger partial charge in [0, 0.05) is 0 Å². The Hall–Kier alpha value is -0.980. The first-order chi connectivity index (χ1) is 6.81. The van der Waals surface area contributed by atoms with Crippen molar-refractivity contribution in [1.82, 2.24) is 0 Å². The SMILES string of the molecule is CCCc1ccc(OC)cc1CCC. The van der Waals surface area contributed by atoms with Crippen molar-refractivity contribution in [2.75, 3.05) is 7.11 Å². The maximum Gasteiger partial charge on any atom is 0.119 e. The van der Waals surface area contributed by atoms with Gasteiger partial charge in [0.2, 0.25) is 0 Å². The van der Waals surface area contributed by atoms with Gasteiger partial charge in [-0.25, -0.2) is 0 Å². The van der Waals surface area contributed by atoms with Crippen LogP contribution in [0.3, 0.4) is 0 Å². The molecule has 0 heterocycles. The average molecular weight is 192 g/mol. The number of ether oxygens (including phenoxy) is 1. The molecule has 0 aliphatic carbocycles. The summed E-state index contributed by atoms with van der Waals surface area (Å²) in [5, 5.41) is 0. The standard InChI is InChI=1S/C13H20O/c1-4-6-11-8-9-13(14-3)10-12(11)7-5-2/h8-10H,4-7H2,1-3H3. The van der Waals surface area contributed by atoms with Crippen molar-refractivity contribution in [3.8, 4) is 5.75 Å². The highest BCUT2D eigenvalue weighted by Gasteiger charge is 2.02. The molecule has 0 saturated heterocycles. The van der Waals surface area contributed by atoms with Crippen LogP contribution in [0.2, 0.25) is 0 Å². The van der Waals surface area contributed by atoms with Crippen LogP contribution < -0.4 is 4.74 Å². The number of methoxy groups -OCH3 is 1. The van der Waals surface area contributed by atoms with Crippen molar-refractivity contribution >= 4 is 0 Å². The Morgan fingerprint density at radius 3 is 2.21 bits per heavy atom. The van der Waals surface area contributed by atoms with E-state index in [-0.39, 0.29) is 0 Å². The summed E-state index contributed by atoms with van der Waals surface area (Å²) in [7, 11) is 1.73. The number of benzene rings is 1. The number of hydrogen-bond acceptors (Lipinski definition) is 1. The van der Waals surface area contributed by atoms with Crippen molar-refractivity contribution in [1.29, 1.82) is 0 Å². The fourth-order valence-electron chi connectivity index (χ4n) is 1.74. The van der Waals surface area contributed by atoms with Crippen LogP contribution >= 0.6 is 0 Å². The topological polar surface area (TPSA) is 9.23 Å². The second-order valence-corrected chi connectivity index (χ2v) is 3.63. The van der Waals surface area contributed by atoms with E-state index in [9.17, 15) is 0 Å². The first-order valence-electron chi connectivity index (χ1n) is 5.47. The van der Waals surface area contributed by atoms with Gasteiger partial charge in [0.15, 0.2) is 0 Å². The summed E-state index contributed by atoms with van der Waals surface area (Å²) in [6, 6.07) is 6.44. The third kappa shape index (κ3) is 2.76. The molecular formula is C13H20O. The van der Waals surface area contributed by atoms with Gasteiger partial charge in [0.25, 0.3) is 0 Å². The number of rotatable bonds is 5. The molecule has 0 unspecified atom stereocenters. The van der Waals surface area contributed by atoms with E-state index < -0.39 is 0 Å². The van der Waals surface area contributed by atoms with Crippen LogP contribution in [0.1, 0.15) is 37.8 Å². The normalized spacial score (nSPS) is 10.2. The van der Waals surface area contributed by atoms with Crippen LogP contribution in [-0.2, 0) is 12.8 Å². The van der Waals surface area contributed by atoms with Gasteiger partial charge in [0.05, 0.1) is 7.11 Å². The summed E-state index contributed by atoms with van der Waals surface area (Å²) < 4.78 is 5.23. The van der Waals surface area contributed by atoms with Gasteiger partial charge >= 0.3 is 0 Å². The maximum atomic E-state index is 5.23. The first kappa shape index (κ1) is 11.1. The van der Waals surface area contributed by atoms with E-state index in [1.165, 1.54) is 30.4 Å². The Balaban J connectivity index is 2.91. The zero-order chi connectivity index (χ0) is 10.4. The van der Waals surface area contributed by atoms with E-state index in [0.29, 0.717) is 0 Å². The Bertz CT molecular complexity index is 279. The monoisotopic (exact) mass is 192 g/mol. The molecule has 14 heavy (non-hydrogen) atoms. The van der Waals surface area contributed by atoms with E-state index in [0.717, 1.165) is 12.2 Å². The van der Waals surface area contributed by atoms with E-state index >= 15 is 0 Å². The smallest absolute Gasteiger partial charge is 0.119 e. The van der Waals surface area contributed by atoms with Gasteiger partial charge in [-0.2, -0.15) is 0 Å². The lowest BCUT2D eigenvalue weighted by Crippen LogP contribution is -1.95. The molecule has 1 rings (SSSR count). The highest BCUT2D eigenvalue weighted by Crippen LogP contribution is 2.20. The van der Waals surface area contributed by atoms with E-state index in [1.807, 2.05) is 0 Å². The van der Waals surface area contributed by atoms with Gasteiger partial charge in [-0.05, 0) is 36.1 Å². The second kappa shape index (κ2) is 5.69. The molecule has 0 N–H and O–H groups in total. The zero-order valence-corrected chi connectivity index (χ0v) is 9.47. The van der Waals surface area contributed by atoms with Crippen molar-refractivity contribution in [3.63, 3.8) is 0 Å². The van der Waals surface area contributed by atoms with Crippen LogP contribution in [0.15, 0.2) is 18.2 Å². The van der Waals surface area contributed by atoms with Crippen molar-refractivity contribution in [2.24, 2.45) is 0 Å². The largest absolute Gasteiger partial charge is 0.497 e. The van der Waals surface area contributed by atoms with Gasteiger partial charge in [-0.3, -0.25) is 0 Å². The third-order valence-electron chi connectivity index (χ3n) is 2.45. The minimum Gasteiger partial charge on any atom is -0.497 e. The summed E-state index contributed by atoms with van der Waals surface area (Å²) in [6.07, 6.45) is 4.75. The van der Waals surface area contributed by atoms with E-state index in [2.05, 4.69) is 32.0 Å². The van der Waals surface area contributed by atoms with Crippen molar-refractivity contribution in [3.05, 3.63) is 29.3 Å². The van der Waals surface area contributed by atoms with Gasteiger partial charge in [0.1, 0.15) is 5.75 Å². The Kier molecular flexibility index (Phi) is 4.51. The molecule has 0 aromatic heterocycles. The molecule has 0 bridgehead atoms. The lowest BCUT2D eigenvalue weighted by atomic mass is 9.99. The average Bonchev–Trinajstić information content (AvgIpc) is 2.21. The highest BCUT2D eigenvalue weighted by atomic mass is 16.5. The van der Waals surface area contributed by atoms with Crippen LogP contribution in [0.4, 0.5) is 0 Å².